The van der Waals surface area contributed by atoms with E-state index in [4.69, 9.17) is 4.42 Å². The van der Waals surface area contributed by atoms with E-state index in [1.165, 1.54) is 17.6 Å². The van der Waals surface area contributed by atoms with E-state index in [1.807, 2.05) is 0 Å². The van der Waals surface area contributed by atoms with E-state index in [2.05, 4.69) is 20.9 Å². The van der Waals surface area contributed by atoms with Gasteiger partial charge < -0.3 is 9.52 Å². The molecule has 0 saturated carbocycles. The van der Waals surface area contributed by atoms with Crippen LogP contribution in [0.5, 0.6) is 0 Å². The fourth-order valence-corrected chi connectivity index (χ4v) is 2.89. The molecule has 74 valence electrons. The summed E-state index contributed by atoms with van der Waals surface area (Å²) >= 11 is 4.70. The molecular formula is C9H8BrNO2S. The molecule has 0 aliphatic carbocycles. The van der Waals surface area contributed by atoms with Gasteiger partial charge in [0, 0.05) is 5.56 Å². The first-order valence-electron chi connectivity index (χ1n) is 3.97. The minimum Gasteiger partial charge on any atom is -0.472 e. The Kier molecular flexibility index (Phi) is 2.47. The molecule has 0 bridgehead atoms. The highest BCUT2D eigenvalue weighted by atomic mass is 79.9. The van der Waals surface area contributed by atoms with Gasteiger partial charge in [-0.25, -0.2) is 4.98 Å². The summed E-state index contributed by atoms with van der Waals surface area (Å²) in [5.74, 6) is 0. The van der Waals surface area contributed by atoms with Gasteiger partial charge in [-0.05, 0) is 28.9 Å². The number of thiazole rings is 1. The summed E-state index contributed by atoms with van der Waals surface area (Å²) in [4.78, 5) is 4.81. The Morgan fingerprint density at radius 2 is 2.43 bits per heavy atom. The molecule has 2 aromatic heterocycles. The largest absolute Gasteiger partial charge is 0.472 e. The van der Waals surface area contributed by atoms with Crippen molar-refractivity contribution in [3.63, 3.8) is 0 Å². The molecule has 0 aromatic carbocycles. The summed E-state index contributed by atoms with van der Waals surface area (Å²) in [6, 6.07) is 1.74. The summed E-state index contributed by atoms with van der Waals surface area (Å²) in [6.45, 7) is 1.72. The molecule has 5 heteroatoms. The lowest BCUT2D eigenvalue weighted by Crippen LogP contribution is -2.20. The zero-order valence-electron chi connectivity index (χ0n) is 7.40. The summed E-state index contributed by atoms with van der Waals surface area (Å²) in [5.41, 5.74) is 1.36. The minimum absolute atomic E-state index is 0.675. The second-order valence-electron chi connectivity index (χ2n) is 3.06. The molecule has 2 heterocycles. The predicted octanol–water partition coefficient (Wildman–Crippen LogP) is 2.75. The van der Waals surface area contributed by atoms with Crippen LogP contribution in [0.1, 0.15) is 17.4 Å². The Bertz CT molecular complexity index is 422. The highest BCUT2D eigenvalue weighted by Crippen LogP contribution is 2.36. The number of nitrogens with zero attached hydrogens (tertiary/aromatic N) is 1. The van der Waals surface area contributed by atoms with Gasteiger partial charge in [-0.2, -0.15) is 0 Å². The van der Waals surface area contributed by atoms with Crippen LogP contribution in [-0.2, 0) is 5.60 Å². The summed E-state index contributed by atoms with van der Waals surface area (Å²) in [5, 5.41) is 10.3. The quantitative estimate of drug-likeness (QED) is 0.915. The van der Waals surface area contributed by atoms with Crippen molar-refractivity contribution in [1.29, 1.82) is 0 Å². The molecule has 2 aromatic rings. The van der Waals surface area contributed by atoms with E-state index < -0.39 is 5.60 Å². The van der Waals surface area contributed by atoms with Crippen LogP contribution in [0.4, 0.5) is 0 Å². The van der Waals surface area contributed by atoms with E-state index in [1.54, 1.807) is 24.8 Å². The van der Waals surface area contributed by atoms with Crippen LogP contribution in [0.2, 0.25) is 0 Å². The molecule has 0 aliphatic heterocycles. The standard InChI is InChI=1S/C9H8BrNO2S/c1-9(12,6-2-3-13-4-6)7-8(10)11-5-14-7/h2-5,12H,1H3. The number of hydrogen-bond acceptors (Lipinski definition) is 4. The van der Waals surface area contributed by atoms with Crippen LogP contribution >= 0.6 is 27.3 Å². The highest BCUT2D eigenvalue weighted by molar-refractivity contribution is 9.10. The second-order valence-corrected chi connectivity index (χ2v) is 4.66. The first kappa shape index (κ1) is 9.89. The van der Waals surface area contributed by atoms with Crippen molar-refractivity contribution in [1.82, 2.24) is 4.98 Å². The Morgan fingerprint density at radius 3 is 2.93 bits per heavy atom. The van der Waals surface area contributed by atoms with Crippen molar-refractivity contribution in [2.75, 3.05) is 0 Å². The lowest BCUT2D eigenvalue weighted by Gasteiger charge is -2.19. The van der Waals surface area contributed by atoms with Gasteiger partial charge in [0.15, 0.2) is 0 Å². The van der Waals surface area contributed by atoms with E-state index in [0.29, 0.717) is 4.60 Å². The average molecular weight is 274 g/mol. The van der Waals surface area contributed by atoms with Gasteiger partial charge in [-0.15, -0.1) is 11.3 Å². The zero-order chi connectivity index (χ0) is 10.2. The molecule has 0 fully saturated rings. The topological polar surface area (TPSA) is 46.3 Å². The molecule has 0 spiro atoms. The molecule has 14 heavy (non-hydrogen) atoms. The SMILES string of the molecule is CC(O)(c1ccoc1)c1scnc1Br. The predicted molar refractivity (Wildman–Crippen MR) is 57.2 cm³/mol. The van der Waals surface area contributed by atoms with E-state index >= 15 is 0 Å². The van der Waals surface area contributed by atoms with E-state index in [-0.39, 0.29) is 0 Å². The van der Waals surface area contributed by atoms with E-state index in [9.17, 15) is 5.11 Å². The van der Waals surface area contributed by atoms with Crippen molar-refractivity contribution >= 4 is 27.3 Å². The van der Waals surface area contributed by atoms with Gasteiger partial charge in [0.25, 0.3) is 0 Å². The number of halogens is 1. The Morgan fingerprint density at radius 1 is 1.64 bits per heavy atom. The second kappa shape index (κ2) is 3.49. The first-order valence-corrected chi connectivity index (χ1v) is 5.64. The first-order chi connectivity index (χ1) is 6.62. The molecule has 1 unspecified atom stereocenters. The number of hydrogen-bond donors (Lipinski definition) is 1. The van der Waals surface area contributed by atoms with Crippen LogP contribution < -0.4 is 0 Å². The molecule has 0 saturated heterocycles. The summed E-state index contributed by atoms with van der Waals surface area (Å²) in [6.07, 6.45) is 3.07. The number of furan rings is 1. The number of aliphatic hydroxyl groups is 1. The van der Waals surface area contributed by atoms with Crippen molar-refractivity contribution < 1.29 is 9.52 Å². The van der Waals surface area contributed by atoms with Crippen LogP contribution in [0.15, 0.2) is 33.1 Å². The highest BCUT2D eigenvalue weighted by Gasteiger charge is 2.30. The molecular weight excluding hydrogens is 266 g/mol. The lowest BCUT2D eigenvalue weighted by atomic mass is 9.98. The lowest BCUT2D eigenvalue weighted by molar-refractivity contribution is 0.104. The Balaban J connectivity index is 2.48. The third-order valence-corrected chi connectivity index (χ3v) is 3.95. The monoisotopic (exact) mass is 273 g/mol. The number of rotatable bonds is 2. The summed E-state index contributed by atoms with van der Waals surface area (Å²) < 4.78 is 5.62. The van der Waals surface area contributed by atoms with Crippen LogP contribution in [0, 0.1) is 0 Å². The van der Waals surface area contributed by atoms with Gasteiger partial charge in [-0.1, -0.05) is 0 Å². The maximum absolute atomic E-state index is 10.3. The Hall–Kier alpha value is -0.650. The molecule has 0 amide bonds. The third-order valence-electron chi connectivity index (χ3n) is 2.05. The normalized spacial score (nSPS) is 15.4. The van der Waals surface area contributed by atoms with Crippen LogP contribution in [0.25, 0.3) is 0 Å². The maximum atomic E-state index is 10.3. The molecule has 2 rings (SSSR count). The van der Waals surface area contributed by atoms with Crippen molar-refractivity contribution in [3.05, 3.63) is 39.1 Å². The van der Waals surface area contributed by atoms with Gasteiger partial charge in [0.1, 0.15) is 10.2 Å². The van der Waals surface area contributed by atoms with Crippen LogP contribution in [-0.4, -0.2) is 10.1 Å². The molecule has 3 nitrogen and oxygen atoms in total. The summed E-state index contributed by atoms with van der Waals surface area (Å²) in [7, 11) is 0. The molecule has 1 N–H and O–H groups in total. The fraction of sp³-hybridized carbons (Fsp3) is 0.222. The van der Waals surface area contributed by atoms with Gasteiger partial charge in [0.2, 0.25) is 0 Å². The average Bonchev–Trinajstić information content (AvgIpc) is 2.72. The van der Waals surface area contributed by atoms with Crippen molar-refractivity contribution in [3.8, 4) is 0 Å². The Labute approximate surface area is 93.5 Å². The maximum Gasteiger partial charge on any atom is 0.127 e. The molecule has 0 radical (unpaired) electrons. The van der Waals surface area contributed by atoms with Crippen molar-refractivity contribution in [2.24, 2.45) is 0 Å². The third kappa shape index (κ3) is 1.51. The van der Waals surface area contributed by atoms with Crippen LogP contribution in [0.3, 0.4) is 0 Å². The number of aromatic nitrogens is 1. The van der Waals surface area contributed by atoms with Gasteiger partial charge in [0.05, 0.1) is 22.9 Å². The van der Waals surface area contributed by atoms with Gasteiger partial charge >= 0.3 is 0 Å². The van der Waals surface area contributed by atoms with Gasteiger partial charge in [-0.3, -0.25) is 0 Å². The van der Waals surface area contributed by atoms with Crippen molar-refractivity contribution in [2.45, 2.75) is 12.5 Å². The smallest absolute Gasteiger partial charge is 0.127 e. The zero-order valence-corrected chi connectivity index (χ0v) is 9.80. The van der Waals surface area contributed by atoms with E-state index in [0.717, 1.165) is 10.4 Å². The molecule has 1 atom stereocenters. The minimum atomic E-state index is -1.05. The molecule has 0 aliphatic rings. The fourth-order valence-electron chi connectivity index (χ4n) is 1.22.